The molecule has 18 heteroatoms. The zero-order valence-corrected chi connectivity index (χ0v) is 26.1. The molecular weight excluding hydrogens is 679 g/mol. The summed E-state index contributed by atoms with van der Waals surface area (Å²) in [7, 11) is 0. The summed E-state index contributed by atoms with van der Waals surface area (Å²) >= 11 is 0.706. The Kier molecular flexibility index (Phi) is 7.16. The van der Waals surface area contributed by atoms with Gasteiger partial charge in [0.2, 0.25) is 0 Å². The van der Waals surface area contributed by atoms with Crippen LogP contribution in [0.5, 0.6) is 6.01 Å². The monoisotopic (exact) mass is 703 g/mol. The summed E-state index contributed by atoms with van der Waals surface area (Å²) in [5.41, 5.74) is 2.56. The molecule has 0 unspecified atom stereocenters. The average molecular weight is 704 g/mol. The van der Waals surface area contributed by atoms with Crippen LogP contribution in [0.4, 0.5) is 41.6 Å². The number of anilines is 2. The van der Waals surface area contributed by atoms with E-state index in [1.807, 2.05) is 11.0 Å². The van der Waals surface area contributed by atoms with Crippen LogP contribution >= 0.6 is 11.3 Å². The third-order valence-electron chi connectivity index (χ3n) is 9.51. The number of thiophene rings is 1. The van der Waals surface area contributed by atoms with Gasteiger partial charge in [-0.2, -0.15) is 28.4 Å². The second-order valence-corrected chi connectivity index (χ2v) is 13.5. The smallest absolute Gasteiger partial charge is 0.434 e. The molecule has 0 aliphatic carbocycles. The van der Waals surface area contributed by atoms with Gasteiger partial charge < -0.3 is 19.9 Å². The number of ether oxygens (including phenoxy) is 1. The van der Waals surface area contributed by atoms with Crippen LogP contribution in [-0.2, 0) is 19.3 Å². The molecule has 0 amide bonds. The molecule has 8 rings (SSSR count). The summed E-state index contributed by atoms with van der Waals surface area (Å²) in [5, 5.41) is 9.43. The Morgan fingerprint density at radius 1 is 1.12 bits per heavy atom. The summed E-state index contributed by atoms with van der Waals surface area (Å²) in [6, 6.07) is 2.08. The average Bonchev–Trinajstić information content (AvgIpc) is 3.81. The number of fused-ring (bicyclic) bond motifs is 4. The van der Waals surface area contributed by atoms with E-state index < -0.39 is 52.3 Å². The molecule has 254 valence electrons. The number of nitrogens with zero attached hydrogens (tertiary/aromatic N) is 8. The minimum absolute atomic E-state index is 0.00972. The fourth-order valence-electron chi connectivity index (χ4n) is 7.29. The Hall–Kier alpha value is -4.76. The molecule has 7 heterocycles. The highest BCUT2D eigenvalue weighted by atomic mass is 32.1. The van der Waals surface area contributed by atoms with Crippen molar-refractivity contribution < 1.29 is 35.5 Å². The highest BCUT2D eigenvalue weighted by Crippen LogP contribution is 2.44. The van der Waals surface area contributed by atoms with Crippen molar-refractivity contribution in [3.63, 3.8) is 0 Å². The van der Waals surface area contributed by atoms with Crippen LogP contribution in [-0.4, -0.2) is 67.4 Å². The molecule has 4 aromatic heterocycles. The number of hydrogen-bond acceptors (Lipinski definition) is 10. The predicted molar refractivity (Wildman–Crippen MR) is 164 cm³/mol. The molecule has 2 atom stereocenters. The van der Waals surface area contributed by atoms with E-state index in [4.69, 9.17) is 10.5 Å². The van der Waals surface area contributed by atoms with Gasteiger partial charge in [0.15, 0.2) is 11.5 Å². The van der Waals surface area contributed by atoms with Crippen molar-refractivity contribution in [2.24, 2.45) is 0 Å². The predicted octanol–water partition coefficient (Wildman–Crippen LogP) is 5.97. The Labute approximate surface area is 276 Å². The standard InChI is InChI=1S/C31H24F7N9OS/c32-14-7-30(2-1-3-47(30)10-14)13-48-29-43-24-16(28(44-29)46-5-4-45-11-19(31(36,37)38)42-20(45)12-46)9-41-25(23(24)35)22-17(33)6-18(34)26-21(22)15(8-39)27(40)49-26/h6,9,11,14H,1-5,7,10,12-13,40H2/t14-,30+/m1/s1. The third-order valence-corrected chi connectivity index (χ3v) is 10.5. The van der Waals surface area contributed by atoms with Crippen molar-refractivity contribution in [2.75, 3.05) is 36.9 Å². The van der Waals surface area contributed by atoms with Crippen LogP contribution in [0.15, 0.2) is 18.5 Å². The van der Waals surface area contributed by atoms with Crippen molar-refractivity contribution in [1.82, 2.24) is 29.4 Å². The molecule has 0 spiro atoms. The minimum atomic E-state index is -4.66. The quantitative estimate of drug-likeness (QED) is 0.221. The van der Waals surface area contributed by atoms with Crippen molar-refractivity contribution >= 4 is 43.1 Å². The number of hydrogen-bond donors (Lipinski definition) is 1. The van der Waals surface area contributed by atoms with E-state index in [-0.39, 0.29) is 88.4 Å². The first-order valence-corrected chi connectivity index (χ1v) is 16.1. The maximum atomic E-state index is 16.7. The molecule has 0 bridgehead atoms. The number of halogens is 7. The van der Waals surface area contributed by atoms with Crippen molar-refractivity contribution in [1.29, 1.82) is 5.26 Å². The number of benzene rings is 1. The molecular formula is C31H24F7N9OS. The fraction of sp³-hybridized carbons (Fsp3) is 0.387. The Morgan fingerprint density at radius 3 is 2.71 bits per heavy atom. The summed E-state index contributed by atoms with van der Waals surface area (Å²) < 4.78 is 109. The molecule has 10 nitrogen and oxygen atoms in total. The lowest BCUT2D eigenvalue weighted by Crippen LogP contribution is -2.43. The molecule has 2 saturated heterocycles. The van der Waals surface area contributed by atoms with Crippen LogP contribution in [0.3, 0.4) is 0 Å². The van der Waals surface area contributed by atoms with Crippen LogP contribution in [0.2, 0.25) is 0 Å². The number of alkyl halides is 4. The van der Waals surface area contributed by atoms with Crippen LogP contribution in [0.1, 0.15) is 36.3 Å². The summed E-state index contributed by atoms with van der Waals surface area (Å²) in [4.78, 5) is 20.4. The van der Waals surface area contributed by atoms with Gasteiger partial charge in [-0.05, 0) is 19.4 Å². The first-order chi connectivity index (χ1) is 23.4. The Bertz CT molecular complexity index is 2210. The lowest BCUT2D eigenvalue weighted by atomic mass is 9.95. The third kappa shape index (κ3) is 5.00. The van der Waals surface area contributed by atoms with E-state index in [0.717, 1.165) is 12.6 Å². The number of nitrogens with two attached hydrogens (primary N) is 1. The summed E-state index contributed by atoms with van der Waals surface area (Å²) in [6.07, 6.45) is -1.88. The molecule has 2 fully saturated rings. The second-order valence-electron chi connectivity index (χ2n) is 12.4. The lowest BCUT2D eigenvalue weighted by molar-refractivity contribution is -0.141. The SMILES string of the molecule is N#Cc1c(N)sc2c(F)cc(F)c(-c3ncc4c(N5CCn6cc(C(F)(F)F)nc6C5)nc(OC[C@@]56CCCN5C[C@H](F)C6)nc4c3F)c12. The zero-order valence-electron chi connectivity index (χ0n) is 25.3. The van der Waals surface area contributed by atoms with E-state index in [2.05, 4.69) is 19.9 Å². The Balaban J connectivity index is 1.27. The summed E-state index contributed by atoms with van der Waals surface area (Å²) in [6.45, 7) is 1.03. The molecule has 49 heavy (non-hydrogen) atoms. The van der Waals surface area contributed by atoms with E-state index >= 15 is 8.78 Å². The van der Waals surface area contributed by atoms with Gasteiger partial charge in [-0.1, -0.05) is 0 Å². The first kappa shape index (κ1) is 31.5. The maximum absolute atomic E-state index is 16.7. The molecule has 0 saturated carbocycles. The van der Waals surface area contributed by atoms with Crippen LogP contribution < -0.4 is 15.4 Å². The molecule has 3 aliphatic heterocycles. The van der Waals surface area contributed by atoms with Crippen LogP contribution in [0, 0.1) is 28.8 Å². The number of nitrogen functional groups attached to an aromatic ring is 1. The number of nitriles is 1. The maximum Gasteiger partial charge on any atom is 0.434 e. The van der Waals surface area contributed by atoms with Gasteiger partial charge >= 0.3 is 12.2 Å². The van der Waals surface area contributed by atoms with Crippen molar-refractivity contribution in [3.8, 4) is 23.3 Å². The highest BCUT2D eigenvalue weighted by Gasteiger charge is 2.49. The van der Waals surface area contributed by atoms with E-state index in [0.29, 0.717) is 30.4 Å². The van der Waals surface area contributed by atoms with E-state index in [1.165, 1.54) is 10.8 Å². The van der Waals surface area contributed by atoms with Gasteiger partial charge in [-0.15, -0.1) is 11.3 Å². The molecule has 2 N–H and O–H groups in total. The normalized spacial score (nSPS) is 21.0. The number of pyridine rings is 1. The van der Waals surface area contributed by atoms with Crippen molar-refractivity contribution in [3.05, 3.63) is 53.0 Å². The zero-order chi connectivity index (χ0) is 34.4. The summed E-state index contributed by atoms with van der Waals surface area (Å²) in [5.74, 6) is -3.17. The van der Waals surface area contributed by atoms with Gasteiger partial charge in [0.1, 0.15) is 58.3 Å². The topological polar surface area (TPSA) is 122 Å². The highest BCUT2D eigenvalue weighted by molar-refractivity contribution is 7.23. The van der Waals surface area contributed by atoms with Crippen molar-refractivity contribution in [2.45, 2.75) is 50.2 Å². The van der Waals surface area contributed by atoms with Gasteiger partial charge in [-0.3, -0.25) is 9.88 Å². The van der Waals surface area contributed by atoms with Gasteiger partial charge in [-0.25, -0.2) is 22.5 Å². The molecule has 5 aromatic rings. The molecule has 0 radical (unpaired) electrons. The van der Waals surface area contributed by atoms with Gasteiger partial charge in [0, 0.05) is 55.5 Å². The van der Waals surface area contributed by atoms with Crippen LogP contribution in [0.25, 0.3) is 32.2 Å². The minimum Gasteiger partial charge on any atom is -0.461 e. The largest absolute Gasteiger partial charge is 0.461 e. The second kappa shape index (κ2) is 11.1. The number of imidazole rings is 1. The van der Waals surface area contributed by atoms with E-state index in [1.54, 1.807) is 4.90 Å². The number of rotatable bonds is 5. The number of aromatic nitrogens is 5. The van der Waals surface area contributed by atoms with E-state index in [9.17, 15) is 27.2 Å². The Morgan fingerprint density at radius 2 is 1.94 bits per heavy atom. The first-order valence-electron chi connectivity index (χ1n) is 15.2. The van der Waals surface area contributed by atoms with Gasteiger partial charge in [0.05, 0.1) is 27.7 Å². The molecule has 3 aliphatic rings. The molecule has 1 aromatic carbocycles. The fourth-order valence-corrected chi connectivity index (χ4v) is 8.22. The van der Waals surface area contributed by atoms with Gasteiger partial charge in [0.25, 0.3) is 0 Å². The lowest BCUT2D eigenvalue weighted by Gasteiger charge is -2.31.